The van der Waals surface area contributed by atoms with Crippen LogP contribution in [0.2, 0.25) is 0 Å². The number of amides is 1. The van der Waals surface area contributed by atoms with Crippen molar-refractivity contribution in [1.82, 2.24) is 5.32 Å². The molecule has 0 bridgehead atoms. The Balaban J connectivity index is 2.36. The van der Waals surface area contributed by atoms with Gasteiger partial charge in [0.15, 0.2) is 0 Å². The van der Waals surface area contributed by atoms with Crippen LogP contribution in [0.5, 0.6) is 0 Å². The average Bonchev–Trinajstić information content (AvgIpc) is 2.74. The lowest BCUT2D eigenvalue weighted by Crippen LogP contribution is -2.48. The van der Waals surface area contributed by atoms with E-state index in [9.17, 15) is 49.4 Å². The quantitative estimate of drug-likeness (QED) is 0.388. The lowest BCUT2D eigenvalue weighted by atomic mass is 9.91. The monoisotopic (exact) mass is 534 g/mol. The van der Waals surface area contributed by atoms with E-state index in [0.717, 1.165) is 23.9 Å². The molecule has 3 N–H and O–H groups in total. The average molecular weight is 534 g/mol. The maximum atomic E-state index is 13.7. The Hall–Kier alpha value is -2.61. The van der Waals surface area contributed by atoms with Crippen LogP contribution in [-0.4, -0.2) is 35.7 Å². The van der Waals surface area contributed by atoms with Gasteiger partial charge in [-0.05, 0) is 41.6 Å². The van der Waals surface area contributed by atoms with Crippen LogP contribution in [-0.2, 0) is 29.3 Å². The van der Waals surface area contributed by atoms with Crippen LogP contribution in [0.25, 0.3) is 0 Å². The number of hydrogen-bond donors (Lipinski definition) is 3. The number of rotatable bonds is 8. The van der Waals surface area contributed by atoms with Crippen molar-refractivity contribution < 1.29 is 49.4 Å². The minimum Gasteiger partial charge on any atom is -0.381 e. The number of anilines is 1. The molecule has 0 spiro atoms. The molecule has 0 saturated heterocycles. The van der Waals surface area contributed by atoms with Gasteiger partial charge < -0.3 is 15.7 Å². The fourth-order valence-corrected chi connectivity index (χ4v) is 3.39. The number of thioether (sulfide) groups is 1. The maximum absolute atomic E-state index is 13.7. The van der Waals surface area contributed by atoms with Gasteiger partial charge >= 0.3 is 18.5 Å². The van der Waals surface area contributed by atoms with Crippen LogP contribution < -0.4 is 10.6 Å². The highest BCUT2D eigenvalue weighted by atomic mass is 32.2. The second-order valence-corrected chi connectivity index (χ2v) is 8.24. The molecule has 0 aromatic heterocycles. The van der Waals surface area contributed by atoms with Gasteiger partial charge in [0.05, 0.1) is 23.4 Å². The lowest BCUT2D eigenvalue weighted by Gasteiger charge is -2.32. The summed E-state index contributed by atoms with van der Waals surface area (Å²) in [5.74, 6) is -0.517. The van der Waals surface area contributed by atoms with Crippen molar-refractivity contribution in [2.24, 2.45) is 0 Å². The van der Waals surface area contributed by atoms with Crippen LogP contribution in [0.1, 0.15) is 22.3 Å². The summed E-state index contributed by atoms with van der Waals surface area (Å²) in [6.45, 7) is -1.97. The molecule has 0 saturated carbocycles. The van der Waals surface area contributed by atoms with Crippen molar-refractivity contribution in [1.29, 1.82) is 0 Å². The number of halogens is 9. The smallest absolute Gasteiger partial charge is 0.381 e. The molecule has 0 radical (unpaired) electrons. The summed E-state index contributed by atoms with van der Waals surface area (Å²) >= 11 is 1.15. The van der Waals surface area contributed by atoms with Crippen LogP contribution in [0.15, 0.2) is 42.5 Å². The van der Waals surface area contributed by atoms with Crippen molar-refractivity contribution in [3.05, 3.63) is 64.7 Å². The van der Waals surface area contributed by atoms with Gasteiger partial charge in [0.1, 0.15) is 0 Å². The van der Waals surface area contributed by atoms with E-state index in [4.69, 9.17) is 0 Å². The fraction of sp³-hybridized carbons (Fsp3) is 0.381. The van der Waals surface area contributed by atoms with E-state index in [1.807, 2.05) is 5.32 Å². The summed E-state index contributed by atoms with van der Waals surface area (Å²) in [6, 6.07) is 4.36. The van der Waals surface area contributed by atoms with E-state index in [0.29, 0.717) is 24.3 Å². The highest BCUT2D eigenvalue weighted by Gasteiger charge is 2.55. The van der Waals surface area contributed by atoms with Gasteiger partial charge in [-0.15, -0.1) is 0 Å². The molecule has 0 fully saturated rings. The number of alkyl halides is 9. The van der Waals surface area contributed by atoms with E-state index in [1.54, 1.807) is 6.26 Å². The molecule has 194 valence electrons. The van der Waals surface area contributed by atoms with E-state index < -0.39 is 65.5 Å². The molecule has 4 nitrogen and oxygen atoms in total. The van der Waals surface area contributed by atoms with Crippen molar-refractivity contribution in [2.45, 2.75) is 30.7 Å². The number of carbonyl (C=O) groups excluding carboxylic acids is 1. The standard InChI is InChI=1S/C21H19F9N2O2S/c1-35-10-17(33)31-9-12-5-6-15(8-16(12)20(25,26)27)32-11-18(34,21(28,29)30)13-3-2-4-14(7-13)19(22,23)24/h2-8,32,34H,9-11H2,1H3,(H,31,33)/t18-/m1/s1. The lowest BCUT2D eigenvalue weighted by molar-refractivity contribution is -0.260. The Kier molecular flexibility index (Phi) is 8.64. The van der Waals surface area contributed by atoms with Gasteiger partial charge in [0, 0.05) is 12.2 Å². The third kappa shape index (κ3) is 7.19. The molecule has 0 aliphatic carbocycles. The molecule has 14 heteroatoms. The molecule has 2 aromatic carbocycles. The second kappa shape index (κ2) is 10.6. The molecule has 35 heavy (non-hydrogen) atoms. The molecule has 0 heterocycles. The van der Waals surface area contributed by atoms with E-state index in [2.05, 4.69) is 5.32 Å². The molecule has 2 aromatic rings. The van der Waals surface area contributed by atoms with Crippen LogP contribution in [0, 0.1) is 0 Å². The summed E-state index contributed by atoms with van der Waals surface area (Å²) in [7, 11) is 0. The zero-order valence-electron chi connectivity index (χ0n) is 17.8. The predicted molar refractivity (Wildman–Crippen MR) is 112 cm³/mol. The highest BCUT2D eigenvalue weighted by molar-refractivity contribution is 7.99. The number of carbonyl (C=O) groups is 1. The van der Waals surface area contributed by atoms with Crippen LogP contribution >= 0.6 is 11.8 Å². The van der Waals surface area contributed by atoms with Gasteiger partial charge in [0.25, 0.3) is 0 Å². The summed E-state index contributed by atoms with van der Waals surface area (Å²) in [4.78, 5) is 11.5. The first-order chi connectivity index (χ1) is 16.0. The minimum absolute atomic E-state index is 0.00650. The van der Waals surface area contributed by atoms with Crippen LogP contribution in [0.4, 0.5) is 45.2 Å². The normalized spacial score (nSPS) is 14.4. The van der Waals surface area contributed by atoms with Crippen molar-refractivity contribution in [3.63, 3.8) is 0 Å². The molecule has 2 rings (SSSR count). The SMILES string of the molecule is CSCC(=O)NCc1ccc(NC[C@@](O)(c2cccc(C(F)(F)F)c2)C(F)(F)F)cc1C(F)(F)F. The van der Waals surface area contributed by atoms with Gasteiger partial charge in [-0.3, -0.25) is 4.79 Å². The summed E-state index contributed by atoms with van der Waals surface area (Å²) in [5, 5.41) is 14.6. The largest absolute Gasteiger partial charge is 0.423 e. The first-order valence-corrected chi connectivity index (χ1v) is 11.0. The minimum atomic E-state index is -5.47. The molecule has 0 aliphatic rings. The number of aliphatic hydroxyl groups is 1. The first-order valence-electron chi connectivity index (χ1n) is 9.65. The Morgan fingerprint density at radius 2 is 1.54 bits per heavy atom. The number of nitrogens with one attached hydrogen (secondary N) is 2. The predicted octanol–water partition coefficient (Wildman–Crippen LogP) is 5.57. The maximum Gasteiger partial charge on any atom is 0.423 e. The Morgan fingerprint density at radius 3 is 2.09 bits per heavy atom. The van der Waals surface area contributed by atoms with E-state index >= 15 is 0 Å². The Morgan fingerprint density at radius 1 is 0.914 bits per heavy atom. The van der Waals surface area contributed by atoms with Gasteiger partial charge in [-0.25, -0.2) is 0 Å². The van der Waals surface area contributed by atoms with Gasteiger partial charge in [-0.1, -0.05) is 18.2 Å². The van der Waals surface area contributed by atoms with Crippen molar-refractivity contribution >= 4 is 23.4 Å². The second-order valence-electron chi connectivity index (χ2n) is 7.37. The molecule has 0 aliphatic heterocycles. The van der Waals surface area contributed by atoms with Crippen molar-refractivity contribution in [3.8, 4) is 0 Å². The number of hydrogen-bond acceptors (Lipinski definition) is 4. The van der Waals surface area contributed by atoms with Crippen molar-refractivity contribution in [2.75, 3.05) is 23.9 Å². The van der Waals surface area contributed by atoms with Crippen LogP contribution in [0.3, 0.4) is 0 Å². The fourth-order valence-electron chi connectivity index (χ4n) is 3.03. The number of benzene rings is 2. The molecule has 0 unspecified atom stereocenters. The third-order valence-electron chi connectivity index (χ3n) is 4.85. The Labute approximate surface area is 197 Å². The summed E-state index contributed by atoms with van der Waals surface area (Å²) in [5.41, 5.74) is -8.52. The topological polar surface area (TPSA) is 61.4 Å². The third-order valence-corrected chi connectivity index (χ3v) is 5.40. The Bertz CT molecular complexity index is 1040. The zero-order valence-corrected chi connectivity index (χ0v) is 18.6. The zero-order chi connectivity index (χ0) is 26.7. The summed E-state index contributed by atoms with van der Waals surface area (Å²) < 4.78 is 120. The first kappa shape index (κ1) is 28.6. The van der Waals surface area contributed by atoms with Gasteiger partial charge in [-0.2, -0.15) is 51.3 Å². The van der Waals surface area contributed by atoms with Gasteiger partial charge in [0.2, 0.25) is 11.5 Å². The molecule has 1 amide bonds. The highest BCUT2D eigenvalue weighted by Crippen LogP contribution is 2.41. The molecule has 1 atom stereocenters. The van der Waals surface area contributed by atoms with E-state index in [1.165, 1.54) is 0 Å². The molecular weight excluding hydrogens is 515 g/mol. The molecular formula is C21H19F9N2O2S. The van der Waals surface area contributed by atoms with E-state index in [-0.39, 0.29) is 17.4 Å². The summed E-state index contributed by atoms with van der Waals surface area (Å²) in [6.07, 6.45) is -13.8.